The standard InChI is InChI=1S/C10H6Cl3F4NO/c1-19-18-7-3-5(10(15,16)17)6(14)2-4(7)8(11)9(12)13/h2-3,18H,1H3/p+1. The summed E-state index contributed by atoms with van der Waals surface area (Å²) in [4.78, 5) is 4.62. The maximum absolute atomic E-state index is 13.4. The van der Waals surface area contributed by atoms with Crippen LogP contribution >= 0.6 is 34.8 Å². The molecule has 0 amide bonds. The van der Waals surface area contributed by atoms with E-state index in [2.05, 4.69) is 4.84 Å². The van der Waals surface area contributed by atoms with Crippen molar-refractivity contribution >= 4 is 45.5 Å². The third-order valence-electron chi connectivity index (χ3n) is 2.09. The van der Waals surface area contributed by atoms with Crippen LogP contribution in [-0.4, -0.2) is 7.11 Å². The van der Waals surface area contributed by atoms with Gasteiger partial charge in [-0.25, -0.2) is 9.23 Å². The highest BCUT2D eigenvalue weighted by molar-refractivity contribution is 6.67. The number of benzene rings is 1. The topological polar surface area (TPSA) is 25.8 Å². The summed E-state index contributed by atoms with van der Waals surface area (Å²) in [6.45, 7) is 0. The minimum Gasteiger partial charge on any atom is -0.206 e. The number of rotatable bonds is 3. The fraction of sp³-hybridized carbons (Fsp3) is 0.200. The van der Waals surface area contributed by atoms with E-state index in [9.17, 15) is 17.6 Å². The molecule has 0 aliphatic heterocycles. The molecule has 1 rings (SSSR count). The molecule has 1 aromatic rings. The zero-order valence-electron chi connectivity index (χ0n) is 9.29. The quantitative estimate of drug-likeness (QED) is 0.504. The maximum Gasteiger partial charge on any atom is 0.419 e. The van der Waals surface area contributed by atoms with Crippen molar-refractivity contribution in [1.29, 1.82) is 0 Å². The van der Waals surface area contributed by atoms with E-state index in [1.807, 2.05) is 0 Å². The molecule has 0 radical (unpaired) electrons. The molecule has 0 bridgehead atoms. The van der Waals surface area contributed by atoms with Crippen molar-refractivity contribution in [3.05, 3.63) is 33.6 Å². The second-order valence-electron chi connectivity index (χ2n) is 3.35. The van der Waals surface area contributed by atoms with Crippen LogP contribution in [0.4, 0.5) is 23.2 Å². The van der Waals surface area contributed by atoms with Crippen molar-refractivity contribution < 1.29 is 27.9 Å². The van der Waals surface area contributed by atoms with E-state index < -0.39 is 22.0 Å². The van der Waals surface area contributed by atoms with E-state index in [4.69, 9.17) is 34.8 Å². The van der Waals surface area contributed by atoms with E-state index in [1.165, 1.54) is 7.11 Å². The zero-order valence-corrected chi connectivity index (χ0v) is 11.6. The normalized spacial score (nSPS) is 11.6. The van der Waals surface area contributed by atoms with Gasteiger partial charge >= 0.3 is 6.18 Å². The van der Waals surface area contributed by atoms with Crippen LogP contribution in [0.25, 0.3) is 5.03 Å². The lowest BCUT2D eigenvalue weighted by Gasteiger charge is -2.11. The first-order chi connectivity index (χ1) is 8.68. The first-order valence-corrected chi connectivity index (χ1v) is 5.79. The number of alkyl halides is 3. The van der Waals surface area contributed by atoms with Gasteiger partial charge in [0.05, 0.1) is 23.3 Å². The molecule has 0 atom stereocenters. The lowest BCUT2D eigenvalue weighted by molar-refractivity contribution is -0.830. The van der Waals surface area contributed by atoms with E-state index in [0.29, 0.717) is 12.1 Å². The average Bonchev–Trinajstić information content (AvgIpc) is 2.28. The van der Waals surface area contributed by atoms with Gasteiger partial charge in [-0.15, -0.1) is 0 Å². The highest BCUT2D eigenvalue weighted by Gasteiger charge is 2.36. The van der Waals surface area contributed by atoms with Crippen molar-refractivity contribution in [2.45, 2.75) is 6.18 Å². The molecule has 0 spiro atoms. The summed E-state index contributed by atoms with van der Waals surface area (Å²) in [5, 5.41) is -0.278. The van der Waals surface area contributed by atoms with Crippen LogP contribution in [-0.2, 0) is 11.0 Å². The predicted octanol–water partition coefficient (Wildman–Crippen LogP) is 3.94. The van der Waals surface area contributed by atoms with Gasteiger partial charge in [0.1, 0.15) is 10.3 Å². The van der Waals surface area contributed by atoms with Gasteiger partial charge in [0, 0.05) is 6.07 Å². The molecule has 0 aromatic heterocycles. The van der Waals surface area contributed by atoms with Crippen LogP contribution in [0, 0.1) is 5.82 Å². The number of nitrogens with two attached hydrogens (primary N) is 1. The summed E-state index contributed by atoms with van der Waals surface area (Å²) in [5.74, 6) is -1.48. The summed E-state index contributed by atoms with van der Waals surface area (Å²) in [6.07, 6.45) is -4.83. The van der Waals surface area contributed by atoms with E-state index >= 15 is 0 Å². The van der Waals surface area contributed by atoms with E-state index in [1.54, 1.807) is 0 Å². The van der Waals surface area contributed by atoms with Crippen LogP contribution in [0.1, 0.15) is 11.1 Å². The molecule has 2 nitrogen and oxygen atoms in total. The summed E-state index contributed by atoms with van der Waals surface area (Å²) < 4.78 is 50.8. The predicted molar refractivity (Wildman–Crippen MR) is 64.5 cm³/mol. The van der Waals surface area contributed by atoms with Gasteiger partial charge in [-0.3, -0.25) is 0 Å². The minimum atomic E-state index is -4.83. The highest BCUT2D eigenvalue weighted by Crippen LogP contribution is 2.37. The lowest BCUT2D eigenvalue weighted by Crippen LogP contribution is -2.76. The van der Waals surface area contributed by atoms with Gasteiger partial charge in [-0.05, 0) is 6.07 Å². The SMILES string of the molecule is CO[NH2+]c1cc(C(F)(F)F)c(F)cc1C(Cl)=C(Cl)Cl. The summed E-state index contributed by atoms with van der Waals surface area (Å²) in [5.41, 5.74) is -0.660. The fourth-order valence-electron chi connectivity index (χ4n) is 1.32. The minimum absolute atomic E-state index is 0.0972. The summed E-state index contributed by atoms with van der Waals surface area (Å²) in [7, 11) is 1.22. The maximum atomic E-state index is 13.4. The molecule has 0 aliphatic carbocycles. The van der Waals surface area contributed by atoms with Crippen molar-refractivity contribution in [3.8, 4) is 0 Å². The Bertz CT molecular complexity index is 512. The third-order valence-corrected chi connectivity index (χ3v) is 3.06. The second kappa shape index (κ2) is 6.28. The molecule has 0 saturated carbocycles. The Kier molecular flexibility index (Phi) is 5.46. The molecule has 19 heavy (non-hydrogen) atoms. The van der Waals surface area contributed by atoms with Gasteiger partial charge < -0.3 is 0 Å². The Morgan fingerprint density at radius 2 is 1.79 bits per heavy atom. The van der Waals surface area contributed by atoms with Crippen LogP contribution in [0.2, 0.25) is 0 Å². The number of quaternary nitrogens is 1. The summed E-state index contributed by atoms with van der Waals surface area (Å²) in [6, 6.07) is 1.16. The lowest BCUT2D eigenvalue weighted by atomic mass is 10.1. The average molecular weight is 340 g/mol. The van der Waals surface area contributed by atoms with E-state index in [-0.39, 0.29) is 16.3 Å². The third kappa shape index (κ3) is 3.97. The van der Waals surface area contributed by atoms with Crippen molar-refractivity contribution in [2.24, 2.45) is 0 Å². The van der Waals surface area contributed by atoms with Crippen molar-refractivity contribution in [2.75, 3.05) is 7.11 Å². The Labute approximate surface area is 120 Å². The molecule has 0 saturated heterocycles. The Morgan fingerprint density at radius 3 is 2.21 bits per heavy atom. The first-order valence-electron chi connectivity index (χ1n) is 4.66. The number of hydrogen-bond donors (Lipinski definition) is 1. The monoisotopic (exact) mass is 338 g/mol. The molecular formula is C10H7Cl3F4NO+. The molecule has 0 fully saturated rings. The van der Waals surface area contributed by atoms with Crippen LogP contribution in [0.3, 0.4) is 0 Å². The molecule has 9 heteroatoms. The summed E-state index contributed by atoms with van der Waals surface area (Å²) >= 11 is 16.6. The first kappa shape index (κ1) is 16.5. The van der Waals surface area contributed by atoms with Crippen LogP contribution in [0.15, 0.2) is 16.6 Å². The molecule has 106 valence electrons. The smallest absolute Gasteiger partial charge is 0.206 e. The number of hydrogen-bond acceptors (Lipinski definition) is 1. The largest absolute Gasteiger partial charge is 0.419 e. The van der Waals surface area contributed by atoms with Gasteiger partial charge in [-0.2, -0.15) is 18.7 Å². The van der Waals surface area contributed by atoms with Crippen molar-refractivity contribution in [3.63, 3.8) is 0 Å². The molecule has 0 unspecified atom stereocenters. The molecule has 1 aromatic carbocycles. The molecule has 0 heterocycles. The van der Waals surface area contributed by atoms with Gasteiger partial charge in [0.25, 0.3) is 0 Å². The molecule has 2 N–H and O–H groups in total. The van der Waals surface area contributed by atoms with Crippen LogP contribution in [0.5, 0.6) is 0 Å². The van der Waals surface area contributed by atoms with E-state index in [0.717, 1.165) is 5.48 Å². The highest BCUT2D eigenvalue weighted by atomic mass is 35.5. The van der Waals surface area contributed by atoms with Crippen LogP contribution < -0.4 is 5.48 Å². The van der Waals surface area contributed by atoms with Gasteiger partial charge in [-0.1, -0.05) is 34.8 Å². The fourth-order valence-corrected chi connectivity index (χ4v) is 1.69. The molecule has 0 aliphatic rings. The second-order valence-corrected chi connectivity index (χ2v) is 4.67. The Balaban J connectivity index is 3.51. The van der Waals surface area contributed by atoms with Crippen molar-refractivity contribution in [1.82, 2.24) is 0 Å². The van der Waals surface area contributed by atoms with Gasteiger partial charge in [0.15, 0.2) is 5.69 Å². The Hall–Kier alpha value is -0.530. The molecular weight excluding hydrogens is 332 g/mol. The number of halogens is 7. The van der Waals surface area contributed by atoms with Gasteiger partial charge in [0.2, 0.25) is 0 Å². The Morgan fingerprint density at radius 1 is 1.21 bits per heavy atom. The zero-order chi connectivity index (χ0) is 14.8.